The summed E-state index contributed by atoms with van der Waals surface area (Å²) in [5.74, 6) is 0.382. The van der Waals surface area contributed by atoms with Crippen LogP contribution in [0.3, 0.4) is 0 Å². The number of carbonyl (C=O) groups excluding carboxylic acids is 1. The summed E-state index contributed by atoms with van der Waals surface area (Å²) in [5, 5.41) is 0. The number of hydrogen-bond acceptors (Lipinski definition) is 2. The van der Waals surface area contributed by atoms with E-state index in [0.29, 0.717) is 18.2 Å². The van der Waals surface area contributed by atoms with Crippen LogP contribution in [0.1, 0.15) is 40.0 Å². The Morgan fingerprint density at radius 1 is 1.42 bits per heavy atom. The van der Waals surface area contributed by atoms with Crippen LogP contribution in [0.5, 0.6) is 0 Å². The lowest BCUT2D eigenvalue weighted by Gasteiger charge is -2.20. The SMILES string of the molecule is CCC(=O)CCCN(C)C(C)C. The average molecular weight is 171 g/mol. The van der Waals surface area contributed by atoms with E-state index in [2.05, 4.69) is 25.8 Å². The summed E-state index contributed by atoms with van der Waals surface area (Å²) in [6.07, 6.45) is 2.43. The summed E-state index contributed by atoms with van der Waals surface area (Å²) >= 11 is 0. The van der Waals surface area contributed by atoms with Gasteiger partial charge in [-0.05, 0) is 33.9 Å². The molecule has 0 saturated carbocycles. The van der Waals surface area contributed by atoms with Gasteiger partial charge in [-0.3, -0.25) is 4.79 Å². The van der Waals surface area contributed by atoms with E-state index < -0.39 is 0 Å². The molecule has 0 aromatic heterocycles. The molecule has 0 heterocycles. The first-order valence-corrected chi connectivity index (χ1v) is 4.79. The molecule has 12 heavy (non-hydrogen) atoms. The quantitative estimate of drug-likeness (QED) is 0.610. The summed E-state index contributed by atoms with van der Waals surface area (Å²) in [5.41, 5.74) is 0. The number of ketones is 1. The lowest BCUT2D eigenvalue weighted by atomic mass is 10.2. The molecular formula is C10H21NO. The van der Waals surface area contributed by atoms with Crippen molar-refractivity contribution in [1.29, 1.82) is 0 Å². The summed E-state index contributed by atoms with van der Waals surface area (Å²) in [4.78, 5) is 13.2. The zero-order valence-electron chi connectivity index (χ0n) is 8.76. The molecule has 0 radical (unpaired) electrons. The van der Waals surface area contributed by atoms with E-state index in [9.17, 15) is 4.79 Å². The lowest BCUT2D eigenvalue weighted by Crippen LogP contribution is -2.27. The van der Waals surface area contributed by atoms with E-state index >= 15 is 0 Å². The Morgan fingerprint density at radius 3 is 2.42 bits per heavy atom. The number of Topliss-reactive ketones (excluding diaryl/α,β-unsaturated/α-hetero) is 1. The minimum Gasteiger partial charge on any atom is -0.304 e. The molecule has 0 aromatic rings. The molecule has 0 spiro atoms. The van der Waals surface area contributed by atoms with Gasteiger partial charge in [-0.25, -0.2) is 0 Å². The number of carbonyl (C=O) groups is 1. The van der Waals surface area contributed by atoms with Crippen LogP contribution in [0.25, 0.3) is 0 Å². The van der Waals surface area contributed by atoms with Crippen LogP contribution in [0.15, 0.2) is 0 Å². The normalized spacial score (nSPS) is 11.2. The number of nitrogens with zero attached hydrogens (tertiary/aromatic N) is 1. The highest BCUT2D eigenvalue weighted by Gasteiger charge is 2.03. The number of hydrogen-bond donors (Lipinski definition) is 0. The van der Waals surface area contributed by atoms with Crippen molar-refractivity contribution in [3.05, 3.63) is 0 Å². The van der Waals surface area contributed by atoms with Gasteiger partial charge in [-0.15, -0.1) is 0 Å². The second kappa shape index (κ2) is 6.18. The van der Waals surface area contributed by atoms with Crippen molar-refractivity contribution in [2.75, 3.05) is 13.6 Å². The zero-order valence-corrected chi connectivity index (χ0v) is 8.76. The van der Waals surface area contributed by atoms with Gasteiger partial charge in [0.25, 0.3) is 0 Å². The molecule has 0 amide bonds. The van der Waals surface area contributed by atoms with Gasteiger partial charge < -0.3 is 4.90 Å². The van der Waals surface area contributed by atoms with E-state index in [1.807, 2.05) is 6.92 Å². The molecule has 0 aliphatic rings. The molecule has 0 unspecified atom stereocenters. The van der Waals surface area contributed by atoms with Crippen LogP contribution in [0, 0.1) is 0 Å². The minimum atomic E-state index is 0.382. The molecule has 0 N–H and O–H groups in total. The zero-order chi connectivity index (χ0) is 9.56. The van der Waals surface area contributed by atoms with Crippen LogP contribution in [0.2, 0.25) is 0 Å². The minimum absolute atomic E-state index is 0.382. The summed E-state index contributed by atoms with van der Waals surface area (Å²) in [7, 11) is 2.10. The molecule has 2 heteroatoms. The molecule has 0 aliphatic carbocycles. The maximum absolute atomic E-state index is 10.9. The fourth-order valence-electron chi connectivity index (χ4n) is 0.961. The van der Waals surface area contributed by atoms with Crippen LogP contribution in [0.4, 0.5) is 0 Å². The predicted octanol–water partition coefficient (Wildman–Crippen LogP) is 2.09. The highest BCUT2D eigenvalue weighted by Crippen LogP contribution is 1.99. The molecule has 0 saturated heterocycles. The first-order chi connectivity index (χ1) is 5.57. The Labute approximate surface area is 75.9 Å². The van der Waals surface area contributed by atoms with E-state index in [0.717, 1.165) is 19.4 Å². The van der Waals surface area contributed by atoms with Crippen molar-refractivity contribution in [2.45, 2.75) is 46.1 Å². The third-order valence-corrected chi connectivity index (χ3v) is 2.24. The van der Waals surface area contributed by atoms with Gasteiger partial charge in [-0.1, -0.05) is 6.92 Å². The molecule has 0 fully saturated rings. The van der Waals surface area contributed by atoms with Crippen LogP contribution < -0.4 is 0 Å². The van der Waals surface area contributed by atoms with Gasteiger partial charge in [0.15, 0.2) is 0 Å². The monoisotopic (exact) mass is 171 g/mol. The van der Waals surface area contributed by atoms with Crippen molar-refractivity contribution in [2.24, 2.45) is 0 Å². The Bertz CT molecular complexity index is 132. The summed E-state index contributed by atoms with van der Waals surface area (Å²) in [6, 6.07) is 0.585. The van der Waals surface area contributed by atoms with Gasteiger partial charge in [0.1, 0.15) is 5.78 Å². The fraction of sp³-hybridized carbons (Fsp3) is 0.900. The van der Waals surface area contributed by atoms with Gasteiger partial charge in [-0.2, -0.15) is 0 Å². The second-order valence-electron chi connectivity index (χ2n) is 3.57. The first-order valence-electron chi connectivity index (χ1n) is 4.79. The summed E-state index contributed by atoms with van der Waals surface area (Å²) < 4.78 is 0. The largest absolute Gasteiger partial charge is 0.304 e. The van der Waals surface area contributed by atoms with Gasteiger partial charge in [0.2, 0.25) is 0 Å². The van der Waals surface area contributed by atoms with E-state index in [1.54, 1.807) is 0 Å². The van der Waals surface area contributed by atoms with Crippen molar-refractivity contribution < 1.29 is 4.79 Å². The van der Waals surface area contributed by atoms with Gasteiger partial charge in [0, 0.05) is 18.9 Å². The average Bonchev–Trinajstić information content (AvgIpc) is 2.03. The topological polar surface area (TPSA) is 20.3 Å². The maximum Gasteiger partial charge on any atom is 0.132 e. The Balaban J connectivity index is 3.37. The van der Waals surface area contributed by atoms with Crippen molar-refractivity contribution >= 4 is 5.78 Å². The second-order valence-corrected chi connectivity index (χ2v) is 3.57. The van der Waals surface area contributed by atoms with Gasteiger partial charge >= 0.3 is 0 Å². The van der Waals surface area contributed by atoms with Crippen molar-refractivity contribution in [1.82, 2.24) is 4.90 Å². The highest BCUT2D eigenvalue weighted by atomic mass is 16.1. The maximum atomic E-state index is 10.9. The molecule has 0 atom stereocenters. The summed E-state index contributed by atoms with van der Waals surface area (Å²) in [6.45, 7) is 7.29. The van der Waals surface area contributed by atoms with E-state index in [4.69, 9.17) is 0 Å². The van der Waals surface area contributed by atoms with Crippen LogP contribution in [-0.4, -0.2) is 30.3 Å². The molecule has 72 valence electrons. The number of rotatable bonds is 6. The molecular weight excluding hydrogens is 150 g/mol. The van der Waals surface area contributed by atoms with E-state index in [-0.39, 0.29) is 0 Å². The molecule has 0 rings (SSSR count). The smallest absolute Gasteiger partial charge is 0.132 e. The van der Waals surface area contributed by atoms with Gasteiger partial charge in [0.05, 0.1) is 0 Å². The first kappa shape index (κ1) is 11.6. The molecule has 0 aromatic carbocycles. The molecule has 0 bridgehead atoms. The third-order valence-electron chi connectivity index (χ3n) is 2.24. The third kappa shape index (κ3) is 5.30. The lowest BCUT2D eigenvalue weighted by molar-refractivity contribution is -0.118. The predicted molar refractivity (Wildman–Crippen MR) is 52.3 cm³/mol. The fourth-order valence-corrected chi connectivity index (χ4v) is 0.961. The highest BCUT2D eigenvalue weighted by molar-refractivity contribution is 5.77. The Morgan fingerprint density at radius 2 is 2.00 bits per heavy atom. The standard InChI is InChI=1S/C10H21NO/c1-5-10(12)7-6-8-11(4)9(2)3/h9H,5-8H2,1-4H3. The molecule has 0 aliphatic heterocycles. The molecule has 2 nitrogen and oxygen atoms in total. The van der Waals surface area contributed by atoms with E-state index in [1.165, 1.54) is 0 Å². The van der Waals surface area contributed by atoms with Crippen LogP contribution in [-0.2, 0) is 4.79 Å². The van der Waals surface area contributed by atoms with Crippen LogP contribution >= 0.6 is 0 Å². The van der Waals surface area contributed by atoms with Crippen molar-refractivity contribution in [3.63, 3.8) is 0 Å². The Kier molecular flexibility index (Phi) is 5.99. The van der Waals surface area contributed by atoms with Crippen molar-refractivity contribution in [3.8, 4) is 0 Å². The Hall–Kier alpha value is -0.370.